The van der Waals surface area contributed by atoms with Gasteiger partial charge in [-0.15, -0.1) is 11.8 Å². The Balaban J connectivity index is 1.84. The number of hydrogen-bond donors (Lipinski definition) is 2. The molecule has 1 amide bonds. The second kappa shape index (κ2) is 12.3. The van der Waals surface area contributed by atoms with E-state index >= 15 is 0 Å². The number of aliphatic hydroxyl groups is 2. The number of aliphatic hydroxyl groups excluding tert-OH is 2. The number of carbonyl (C=O) groups excluding carboxylic acids is 1. The van der Waals surface area contributed by atoms with E-state index in [0.29, 0.717) is 24.7 Å². The smallest absolute Gasteiger partial charge is 0.222 e. The SMILES string of the molecule is CC#CC[C@@H](C)[C@H](O)C=C[C@@H]1[C@H]2CC(=CCCCC(=O)N(CC)CC)C[C@H]2C[C@H]1O. The molecule has 0 aromatic heterocycles. The van der Waals surface area contributed by atoms with Crippen molar-refractivity contribution in [3.63, 3.8) is 0 Å². The number of amides is 1. The minimum atomic E-state index is -0.517. The quantitative estimate of drug-likeness (QED) is 0.317. The van der Waals surface area contributed by atoms with Crippen molar-refractivity contribution >= 4 is 5.91 Å². The van der Waals surface area contributed by atoms with Crippen LogP contribution in [0.5, 0.6) is 0 Å². The first-order valence-corrected chi connectivity index (χ1v) is 11.8. The molecule has 0 aromatic rings. The monoisotopic (exact) mass is 415 g/mol. The predicted molar refractivity (Wildman–Crippen MR) is 123 cm³/mol. The maximum absolute atomic E-state index is 12.1. The average molecular weight is 416 g/mol. The first kappa shape index (κ1) is 24.7. The lowest BCUT2D eigenvalue weighted by atomic mass is 9.89. The first-order chi connectivity index (χ1) is 14.4. The molecule has 2 saturated carbocycles. The van der Waals surface area contributed by atoms with E-state index < -0.39 is 6.10 Å². The Morgan fingerprint density at radius 2 is 2.03 bits per heavy atom. The Bertz CT molecular complexity index is 668. The van der Waals surface area contributed by atoms with Crippen LogP contribution >= 0.6 is 0 Å². The highest BCUT2D eigenvalue weighted by Gasteiger charge is 2.44. The number of allylic oxidation sites excluding steroid dienone is 2. The third kappa shape index (κ3) is 6.72. The fraction of sp³-hybridized carbons (Fsp3) is 0.731. The highest BCUT2D eigenvalue weighted by Crippen LogP contribution is 2.50. The molecule has 2 aliphatic rings. The largest absolute Gasteiger partial charge is 0.392 e. The Morgan fingerprint density at radius 1 is 1.30 bits per heavy atom. The number of hydrogen-bond acceptors (Lipinski definition) is 3. The van der Waals surface area contributed by atoms with Crippen LogP contribution in [0, 0.1) is 35.5 Å². The van der Waals surface area contributed by atoms with E-state index in [1.165, 1.54) is 5.57 Å². The zero-order chi connectivity index (χ0) is 22.1. The molecular weight excluding hydrogens is 374 g/mol. The Morgan fingerprint density at radius 3 is 2.70 bits per heavy atom. The van der Waals surface area contributed by atoms with Gasteiger partial charge in [0.25, 0.3) is 0 Å². The van der Waals surface area contributed by atoms with E-state index in [0.717, 1.165) is 45.2 Å². The highest BCUT2D eigenvalue weighted by molar-refractivity contribution is 5.76. The van der Waals surface area contributed by atoms with Crippen LogP contribution in [-0.2, 0) is 4.79 Å². The summed E-state index contributed by atoms with van der Waals surface area (Å²) in [5, 5.41) is 20.9. The minimum absolute atomic E-state index is 0.0983. The van der Waals surface area contributed by atoms with Crippen molar-refractivity contribution in [2.75, 3.05) is 13.1 Å². The van der Waals surface area contributed by atoms with Gasteiger partial charge in [-0.25, -0.2) is 0 Å². The number of carbonyl (C=O) groups is 1. The molecule has 30 heavy (non-hydrogen) atoms. The molecule has 0 bridgehead atoms. The van der Waals surface area contributed by atoms with Gasteiger partial charge in [-0.1, -0.05) is 30.7 Å². The van der Waals surface area contributed by atoms with Gasteiger partial charge in [-0.2, -0.15) is 0 Å². The summed E-state index contributed by atoms with van der Waals surface area (Å²) in [5.74, 6) is 7.40. The van der Waals surface area contributed by atoms with Crippen LogP contribution in [0.3, 0.4) is 0 Å². The zero-order valence-electron chi connectivity index (χ0n) is 19.3. The fourth-order valence-corrected chi connectivity index (χ4v) is 5.05. The van der Waals surface area contributed by atoms with Crippen molar-refractivity contribution in [2.45, 2.75) is 84.8 Å². The molecule has 2 fully saturated rings. The molecule has 2 aliphatic carbocycles. The van der Waals surface area contributed by atoms with Crippen molar-refractivity contribution in [1.82, 2.24) is 4.90 Å². The van der Waals surface area contributed by atoms with Crippen molar-refractivity contribution in [1.29, 1.82) is 0 Å². The Hall–Kier alpha value is -1.57. The zero-order valence-corrected chi connectivity index (χ0v) is 19.3. The lowest BCUT2D eigenvalue weighted by molar-refractivity contribution is -0.130. The number of fused-ring (bicyclic) bond motifs is 1. The van der Waals surface area contributed by atoms with E-state index in [9.17, 15) is 15.0 Å². The van der Waals surface area contributed by atoms with E-state index in [4.69, 9.17) is 0 Å². The molecule has 2 rings (SSSR count). The van der Waals surface area contributed by atoms with Gasteiger partial charge in [0.1, 0.15) is 0 Å². The number of unbranched alkanes of at least 4 members (excludes halogenated alkanes) is 1. The van der Waals surface area contributed by atoms with Gasteiger partial charge in [0.2, 0.25) is 5.91 Å². The number of nitrogens with zero attached hydrogens (tertiary/aromatic N) is 1. The minimum Gasteiger partial charge on any atom is -0.392 e. The van der Waals surface area contributed by atoms with Crippen molar-refractivity contribution < 1.29 is 15.0 Å². The topological polar surface area (TPSA) is 60.8 Å². The fourth-order valence-electron chi connectivity index (χ4n) is 5.05. The highest BCUT2D eigenvalue weighted by atomic mass is 16.3. The molecule has 4 heteroatoms. The van der Waals surface area contributed by atoms with E-state index in [2.05, 4.69) is 24.0 Å². The second-order valence-corrected chi connectivity index (χ2v) is 9.02. The summed E-state index contributed by atoms with van der Waals surface area (Å²) < 4.78 is 0. The van der Waals surface area contributed by atoms with Crippen LogP contribution < -0.4 is 0 Å². The van der Waals surface area contributed by atoms with Crippen LogP contribution in [0.25, 0.3) is 0 Å². The van der Waals surface area contributed by atoms with Crippen molar-refractivity contribution in [2.24, 2.45) is 23.7 Å². The molecule has 0 aromatic carbocycles. The summed E-state index contributed by atoms with van der Waals surface area (Å²) in [7, 11) is 0. The Labute approximate surface area is 183 Å². The molecular formula is C26H41NO3. The lowest BCUT2D eigenvalue weighted by Crippen LogP contribution is -2.30. The second-order valence-electron chi connectivity index (χ2n) is 9.02. The van der Waals surface area contributed by atoms with Crippen LogP contribution in [-0.4, -0.2) is 46.3 Å². The molecule has 2 N–H and O–H groups in total. The van der Waals surface area contributed by atoms with E-state index in [-0.39, 0.29) is 23.8 Å². The lowest BCUT2D eigenvalue weighted by Gasteiger charge is -2.19. The summed E-state index contributed by atoms with van der Waals surface area (Å²) in [6, 6.07) is 0. The summed E-state index contributed by atoms with van der Waals surface area (Å²) >= 11 is 0. The summed E-state index contributed by atoms with van der Waals surface area (Å²) in [6.45, 7) is 9.46. The van der Waals surface area contributed by atoms with Gasteiger partial charge in [0, 0.05) is 31.8 Å². The van der Waals surface area contributed by atoms with Gasteiger partial charge in [-0.05, 0) is 70.6 Å². The molecule has 4 nitrogen and oxygen atoms in total. The summed E-state index contributed by atoms with van der Waals surface area (Å²) in [5.41, 5.74) is 1.48. The van der Waals surface area contributed by atoms with Gasteiger partial charge in [-0.3, -0.25) is 4.79 Å². The Kier molecular flexibility index (Phi) is 10.1. The van der Waals surface area contributed by atoms with Gasteiger partial charge in [0.15, 0.2) is 0 Å². The summed E-state index contributed by atoms with van der Waals surface area (Å²) in [4.78, 5) is 14.0. The van der Waals surface area contributed by atoms with Gasteiger partial charge in [0.05, 0.1) is 12.2 Å². The van der Waals surface area contributed by atoms with E-state index in [1.807, 2.05) is 38.7 Å². The molecule has 0 unspecified atom stereocenters. The van der Waals surface area contributed by atoms with E-state index in [1.54, 1.807) is 0 Å². The van der Waals surface area contributed by atoms with Gasteiger partial charge < -0.3 is 15.1 Å². The van der Waals surface area contributed by atoms with Crippen LogP contribution in [0.4, 0.5) is 0 Å². The predicted octanol–water partition coefficient (Wildman–Crippen LogP) is 4.33. The molecule has 0 spiro atoms. The number of rotatable bonds is 10. The maximum atomic E-state index is 12.1. The van der Waals surface area contributed by atoms with Crippen LogP contribution in [0.2, 0.25) is 0 Å². The van der Waals surface area contributed by atoms with Crippen molar-refractivity contribution in [3.05, 3.63) is 23.8 Å². The molecule has 0 radical (unpaired) electrons. The average Bonchev–Trinajstić information content (AvgIpc) is 3.24. The first-order valence-electron chi connectivity index (χ1n) is 11.8. The standard InChI is InChI=1S/C26H41NO3/c1-5-8-11-19(4)24(28)15-14-22-23-17-20(16-21(23)18-25(22)29)12-9-10-13-26(30)27(6-2)7-3/h12,14-15,19,21-25,28-29H,6-7,9-11,13,16-18H2,1-4H3/t19-,21+,22-,23+,24-,25-/m1/s1. The van der Waals surface area contributed by atoms with Crippen molar-refractivity contribution in [3.8, 4) is 11.8 Å². The molecule has 0 aliphatic heterocycles. The molecule has 0 saturated heterocycles. The molecule has 168 valence electrons. The maximum Gasteiger partial charge on any atom is 0.222 e. The van der Waals surface area contributed by atoms with Crippen LogP contribution in [0.1, 0.15) is 72.6 Å². The molecule has 0 heterocycles. The summed E-state index contributed by atoms with van der Waals surface area (Å²) in [6.07, 6.45) is 11.6. The van der Waals surface area contributed by atoms with Crippen LogP contribution in [0.15, 0.2) is 23.8 Å². The third-order valence-electron chi connectivity index (χ3n) is 6.97. The molecule has 6 atom stereocenters. The third-order valence-corrected chi connectivity index (χ3v) is 6.97. The normalized spacial score (nSPS) is 28.9. The van der Waals surface area contributed by atoms with Gasteiger partial charge >= 0.3 is 0 Å².